The Balaban J connectivity index is 1.91. The van der Waals surface area contributed by atoms with Crippen molar-refractivity contribution in [3.63, 3.8) is 0 Å². The van der Waals surface area contributed by atoms with E-state index in [1.165, 1.54) is 11.3 Å². The van der Waals surface area contributed by atoms with Gasteiger partial charge in [0.15, 0.2) is 23.0 Å². The van der Waals surface area contributed by atoms with E-state index in [-0.39, 0.29) is 0 Å². The molecule has 0 bridgehead atoms. The molecule has 0 amide bonds. The highest BCUT2D eigenvalue weighted by Crippen LogP contribution is 2.48. The second kappa shape index (κ2) is 9.87. The van der Waals surface area contributed by atoms with Crippen LogP contribution in [0.5, 0.6) is 28.7 Å². The lowest BCUT2D eigenvalue weighted by Gasteiger charge is -2.14. The van der Waals surface area contributed by atoms with Crippen molar-refractivity contribution in [3.8, 4) is 50.6 Å². The van der Waals surface area contributed by atoms with Crippen LogP contribution in [0.4, 0.5) is 0 Å². The number of benzene rings is 2. The summed E-state index contributed by atoms with van der Waals surface area (Å²) in [6.07, 6.45) is 0.656. The SMILES string of the molecule is COc1cc(-c2nc(Cc3ccccc3)[nH]c2-c2scc(OC)c2OC)cc(OC)c1OC. The minimum Gasteiger partial charge on any atom is -0.493 e. The van der Waals surface area contributed by atoms with Gasteiger partial charge < -0.3 is 28.7 Å². The Bertz CT molecular complexity index is 1210. The van der Waals surface area contributed by atoms with Crippen LogP contribution in [0, 0.1) is 0 Å². The van der Waals surface area contributed by atoms with E-state index in [9.17, 15) is 0 Å². The lowest BCUT2D eigenvalue weighted by Crippen LogP contribution is -1.96. The van der Waals surface area contributed by atoms with Crippen LogP contribution in [-0.4, -0.2) is 45.5 Å². The first-order chi connectivity index (χ1) is 16.1. The van der Waals surface area contributed by atoms with Crippen LogP contribution in [0.2, 0.25) is 0 Å². The number of aromatic nitrogens is 2. The molecule has 0 saturated carbocycles. The summed E-state index contributed by atoms with van der Waals surface area (Å²) in [4.78, 5) is 9.38. The summed E-state index contributed by atoms with van der Waals surface area (Å²) >= 11 is 1.53. The zero-order valence-corrected chi connectivity index (χ0v) is 20.0. The molecule has 2 aromatic heterocycles. The number of rotatable bonds is 9. The summed E-state index contributed by atoms with van der Waals surface area (Å²) in [5, 5.41) is 1.92. The van der Waals surface area contributed by atoms with Crippen LogP contribution in [0.3, 0.4) is 0 Å². The monoisotopic (exact) mass is 466 g/mol. The van der Waals surface area contributed by atoms with Crippen LogP contribution in [0.25, 0.3) is 21.8 Å². The molecule has 0 fully saturated rings. The first kappa shape index (κ1) is 22.5. The molecule has 0 atom stereocenters. The number of hydrogen-bond donors (Lipinski definition) is 1. The lowest BCUT2D eigenvalue weighted by atomic mass is 10.1. The molecule has 33 heavy (non-hydrogen) atoms. The maximum Gasteiger partial charge on any atom is 0.203 e. The van der Waals surface area contributed by atoms with Crippen molar-refractivity contribution in [2.45, 2.75) is 6.42 Å². The number of thiophene rings is 1. The largest absolute Gasteiger partial charge is 0.493 e. The molecule has 0 radical (unpaired) electrons. The maximum absolute atomic E-state index is 5.67. The molecule has 7 nitrogen and oxygen atoms in total. The van der Waals surface area contributed by atoms with E-state index >= 15 is 0 Å². The van der Waals surface area contributed by atoms with E-state index < -0.39 is 0 Å². The van der Waals surface area contributed by atoms with Gasteiger partial charge in [-0.3, -0.25) is 0 Å². The number of aromatic amines is 1. The third-order valence-electron chi connectivity index (χ3n) is 5.27. The van der Waals surface area contributed by atoms with Crippen molar-refractivity contribution in [1.82, 2.24) is 9.97 Å². The summed E-state index contributed by atoms with van der Waals surface area (Å²) in [5.41, 5.74) is 3.57. The molecule has 0 aliphatic rings. The predicted octanol–water partition coefficient (Wildman–Crippen LogP) is 5.44. The summed E-state index contributed by atoms with van der Waals surface area (Å²) in [7, 11) is 8.04. The van der Waals surface area contributed by atoms with E-state index in [0.717, 1.165) is 33.2 Å². The predicted molar refractivity (Wildman–Crippen MR) is 129 cm³/mol. The topological polar surface area (TPSA) is 74.8 Å². The molecule has 0 unspecified atom stereocenters. The number of H-pyrrole nitrogens is 1. The van der Waals surface area contributed by atoms with E-state index in [4.69, 9.17) is 28.7 Å². The van der Waals surface area contributed by atoms with Gasteiger partial charge >= 0.3 is 0 Å². The summed E-state index contributed by atoms with van der Waals surface area (Å²) in [6, 6.07) is 14.0. The molecule has 8 heteroatoms. The van der Waals surface area contributed by atoms with E-state index in [0.29, 0.717) is 35.2 Å². The fraction of sp³-hybridized carbons (Fsp3) is 0.240. The quantitative estimate of drug-likeness (QED) is 0.354. The average Bonchev–Trinajstić information content (AvgIpc) is 3.46. The van der Waals surface area contributed by atoms with Crippen molar-refractivity contribution in [2.24, 2.45) is 0 Å². The number of nitrogens with one attached hydrogen (secondary N) is 1. The molecule has 1 N–H and O–H groups in total. The van der Waals surface area contributed by atoms with Gasteiger partial charge in [0, 0.05) is 17.4 Å². The highest BCUT2D eigenvalue weighted by atomic mass is 32.1. The van der Waals surface area contributed by atoms with Crippen LogP contribution < -0.4 is 23.7 Å². The van der Waals surface area contributed by atoms with Gasteiger partial charge in [0.25, 0.3) is 0 Å². The molecular formula is C25H26N2O5S. The lowest BCUT2D eigenvalue weighted by molar-refractivity contribution is 0.324. The highest BCUT2D eigenvalue weighted by Gasteiger charge is 2.24. The van der Waals surface area contributed by atoms with Crippen LogP contribution in [0.15, 0.2) is 47.8 Å². The van der Waals surface area contributed by atoms with Gasteiger partial charge in [0.2, 0.25) is 5.75 Å². The molecule has 0 saturated heterocycles. The first-order valence-electron chi connectivity index (χ1n) is 10.3. The molecule has 2 heterocycles. The maximum atomic E-state index is 5.67. The molecule has 0 aliphatic heterocycles. The van der Waals surface area contributed by atoms with E-state index in [1.807, 2.05) is 35.7 Å². The minimum atomic E-state index is 0.528. The number of methoxy groups -OCH3 is 5. The van der Waals surface area contributed by atoms with E-state index in [2.05, 4.69) is 17.1 Å². The normalized spacial score (nSPS) is 10.7. The Labute approximate surface area is 196 Å². The zero-order chi connectivity index (χ0) is 23.4. The van der Waals surface area contributed by atoms with Crippen molar-refractivity contribution in [3.05, 3.63) is 59.2 Å². The van der Waals surface area contributed by atoms with E-state index in [1.54, 1.807) is 35.5 Å². The van der Waals surface area contributed by atoms with Crippen molar-refractivity contribution < 1.29 is 23.7 Å². The zero-order valence-electron chi connectivity index (χ0n) is 19.2. The minimum absolute atomic E-state index is 0.528. The summed E-state index contributed by atoms with van der Waals surface area (Å²) in [6.45, 7) is 0. The molecular weight excluding hydrogens is 440 g/mol. The molecule has 0 aliphatic carbocycles. The Hall–Kier alpha value is -3.65. The van der Waals surface area contributed by atoms with Gasteiger partial charge in [-0.2, -0.15) is 0 Å². The van der Waals surface area contributed by atoms with Crippen molar-refractivity contribution in [2.75, 3.05) is 35.5 Å². The Morgan fingerprint density at radius 3 is 2.00 bits per heavy atom. The third kappa shape index (κ3) is 4.34. The molecule has 4 rings (SSSR count). The van der Waals surface area contributed by atoms with Crippen molar-refractivity contribution in [1.29, 1.82) is 0 Å². The summed E-state index contributed by atoms with van der Waals surface area (Å²) in [5.74, 6) is 3.80. The molecule has 0 spiro atoms. The van der Waals surface area contributed by atoms with Crippen LogP contribution in [0.1, 0.15) is 11.4 Å². The molecule has 4 aromatic rings. The third-order valence-corrected chi connectivity index (χ3v) is 6.23. The second-order valence-electron chi connectivity index (χ2n) is 7.15. The van der Waals surface area contributed by atoms with Gasteiger partial charge in [-0.15, -0.1) is 11.3 Å². The fourth-order valence-corrected chi connectivity index (χ4v) is 4.71. The Morgan fingerprint density at radius 1 is 0.788 bits per heavy atom. The van der Waals surface area contributed by atoms with Crippen LogP contribution in [-0.2, 0) is 6.42 Å². The Morgan fingerprint density at radius 2 is 1.42 bits per heavy atom. The average molecular weight is 467 g/mol. The highest BCUT2D eigenvalue weighted by molar-refractivity contribution is 7.14. The van der Waals surface area contributed by atoms with Gasteiger partial charge in [0.1, 0.15) is 5.82 Å². The molecule has 172 valence electrons. The van der Waals surface area contributed by atoms with Gasteiger partial charge in [0.05, 0.1) is 51.8 Å². The first-order valence-corrected chi connectivity index (χ1v) is 11.1. The number of imidazole rings is 1. The number of nitrogens with zero attached hydrogens (tertiary/aromatic N) is 1. The number of hydrogen-bond acceptors (Lipinski definition) is 7. The molecule has 2 aromatic carbocycles. The summed E-state index contributed by atoms with van der Waals surface area (Å²) < 4.78 is 27.8. The Kier molecular flexibility index (Phi) is 6.74. The fourth-order valence-electron chi connectivity index (χ4n) is 3.72. The van der Waals surface area contributed by atoms with Crippen LogP contribution >= 0.6 is 11.3 Å². The standard InChI is InChI=1S/C25H26N2O5S/c1-28-17-12-16(13-18(29-2)23(17)31-4)21-22(25-24(32-5)19(30-3)14-33-25)27-20(26-21)11-15-9-7-6-8-10-15/h6-10,12-14H,11H2,1-5H3,(H,26,27). The number of ether oxygens (including phenoxy) is 5. The van der Waals surface area contributed by atoms with Crippen molar-refractivity contribution >= 4 is 11.3 Å². The second-order valence-corrected chi connectivity index (χ2v) is 8.03. The van der Waals surface area contributed by atoms with Gasteiger partial charge in [-0.25, -0.2) is 4.98 Å². The smallest absolute Gasteiger partial charge is 0.203 e. The van der Waals surface area contributed by atoms with Gasteiger partial charge in [-0.05, 0) is 17.7 Å². The van der Waals surface area contributed by atoms with Gasteiger partial charge in [-0.1, -0.05) is 30.3 Å².